The van der Waals surface area contributed by atoms with Crippen LogP contribution in [0, 0.1) is 0 Å². The number of rotatable bonds is 14. The number of fused-ring (bicyclic) bond motifs is 4. The number of ether oxygens (including phenoxy) is 4. The largest absolute Gasteiger partial charge is 0.460 e. The Kier molecular flexibility index (Phi) is 9.22. The van der Waals surface area contributed by atoms with Crippen molar-refractivity contribution < 1.29 is 28.5 Å². The Labute approximate surface area is 228 Å². The van der Waals surface area contributed by atoms with E-state index in [0.717, 1.165) is 33.5 Å². The maximum Gasteiger partial charge on any atom is 0.333 e. The molecular weight excluding hydrogens is 496 g/mol. The Hall–Kier alpha value is -3.88. The summed E-state index contributed by atoms with van der Waals surface area (Å²) < 4.78 is 22.1. The molecular formula is C31H34N2O6. The number of carbonyl (C=O) groups excluding carboxylic acids is 2. The molecule has 1 heterocycles. The topological polar surface area (TPSA) is 96.8 Å². The Morgan fingerprint density at radius 3 is 1.79 bits per heavy atom. The van der Waals surface area contributed by atoms with E-state index in [2.05, 4.69) is 25.3 Å². The molecule has 39 heavy (non-hydrogen) atoms. The van der Waals surface area contributed by atoms with Crippen molar-refractivity contribution in [1.82, 2.24) is 9.97 Å². The molecule has 204 valence electrons. The lowest BCUT2D eigenvalue weighted by Crippen LogP contribution is -2.31. The molecule has 0 fully saturated rings. The molecule has 0 aliphatic heterocycles. The highest BCUT2D eigenvalue weighted by Crippen LogP contribution is 2.51. The SMILES string of the molecule is C=C(C)C(=O)OCCOCCC1(CCOCCOC(=O)C(=C)C)c2ccccc2-c2nc3ccccc3nc21. The fraction of sp³-hybridized carbons (Fsp3) is 0.355. The van der Waals surface area contributed by atoms with Crippen LogP contribution in [0.2, 0.25) is 0 Å². The average Bonchev–Trinajstić information content (AvgIpc) is 3.19. The number of hydrogen-bond acceptors (Lipinski definition) is 8. The van der Waals surface area contributed by atoms with Crippen molar-refractivity contribution in [3.05, 3.63) is 84.1 Å². The number of hydrogen-bond donors (Lipinski definition) is 0. The number of benzene rings is 2. The van der Waals surface area contributed by atoms with Crippen LogP contribution in [0.4, 0.5) is 0 Å². The monoisotopic (exact) mass is 530 g/mol. The predicted octanol–water partition coefficient (Wildman–Crippen LogP) is 4.95. The third-order valence-electron chi connectivity index (χ3n) is 6.69. The summed E-state index contributed by atoms with van der Waals surface area (Å²) >= 11 is 0. The third kappa shape index (κ3) is 6.41. The summed E-state index contributed by atoms with van der Waals surface area (Å²) in [6.07, 6.45) is 1.26. The van der Waals surface area contributed by atoms with Gasteiger partial charge >= 0.3 is 11.9 Å². The molecule has 0 amide bonds. The smallest absolute Gasteiger partial charge is 0.333 e. The maximum atomic E-state index is 11.6. The molecule has 0 bridgehead atoms. The molecule has 8 heteroatoms. The van der Waals surface area contributed by atoms with Gasteiger partial charge < -0.3 is 18.9 Å². The molecule has 1 aliphatic rings. The Morgan fingerprint density at radius 1 is 0.718 bits per heavy atom. The molecule has 2 aromatic carbocycles. The maximum absolute atomic E-state index is 11.6. The van der Waals surface area contributed by atoms with E-state index in [9.17, 15) is 9.59 Å². The summed E-state index contributed by atoms with van der Waals surface area (Å²) in [6, 6.07) is 16.1. The van der Waals surface area contributed by atoms with Gasteiger partial charge in [-0.15, -0.1) is 0 Å². The first-order valence-corrected chi connectivity index (χ1v) is 13.0. The van der Waals surface area contributed by atoms with Gasteiger partial charge in [-0.25, -0.2) is 19.6 Å². The van der Waals surface area contributed by atoms with E-state index in [4.69, 9.17) is 28.9 Å². The Bertz CT molecular complexity index is 1340. The zero-order chi connectivity index (χ0) is 27.8. The first-order chi connectivity index (χ1) is 18.8. The predicted molar refractivity (Wildman–Crippen MR) is 148 cm³/mol. The molecule has 0 N–H and O–H groups in total. The molecule has 0 unspecified atom stereocenters. The number of aromatic nitrogens is 2. The van der Waals surface area contributed by atoms with Crippen molar-refractivity contribution in [3.8, 4) is 11.3 Å². The van der Waals surface area contributed by atoms with Crippen molar-refractivity contribution in [3.63, 3.8) is 0 Å². The van der Waals surface area contributed by atoms with Crippen molar-refractivity contribution in [2.45, 2.75) is 32.1 Å². The lowest BCUT2D eigenvalue weighted by Gasteiger charge is -2.31. The first kappa shape index (κ1) is 28.1. The minimum absolute atomic E-state index is 0.155. The Morgan fingerprint density at radius 2 is 1.23 bits per heavy atom. The lowest BCUT2D eigenvalue weighted by atomic mass is 9.75. The van der Waals surface area contributed by atoms with Crippen LogP contribution in [0.5, 0.6) is 0 Å². The second kappa shape index (κ2) is 12.8. The van der Waals surface area contributed by atoms with E-state index in [1.165, 1.54) is 0 Å². The summed E-state index contributed by atoms with van der Waals surface area (Å²) in [7, 11) is 0. The average molecular weight is 531 g/mol. The zero-order valence-electron chi connectivity index (χ0n) is 22.5. The second-order valence-corrected chi connectivity index (χ2v) is 9.59. The molecule has 1 aliphatic carbocycles. The van der Waals surface area contributed by atoms with Gasteiger partial charge in [-0.3, -0.25) is 0 Å². The van der Waals surface area contributed by atoms with Crippen LogP contribution in [0.25, 0.3) is 22.3 Å². The van der Waals surface area contributed by atoms with Crippen LogP contribution in [0.15, 0.2) is 72.8 Å². The van der Waals surface area contributed by atoms with Gasteiger partial charge in [-0.1, -0.05) is 49.6 Å². The summed E-state index contributed by atoms with van der Waals surface area (Å²) in [5, 5.41) is 0. The molecule has 1 aromatic heterocycles. The minimum atomic E-state index is -0.494. The molecule has 0 saturated heterocycles. The first-order valence-electron chi connectivity index (χ1n) is 13.0. The van der Waals surface area contributed by atoms with E-state index >= 15 is 0 Å². The van der Waals surface area contributed by atoms with Gasteiger partial charge in [-0.05, 0) is 44.4 Å². The molecule has 0 radical (unpaired) electrons. The van der Waals surface area contributed by atoms with E-state index in [-0.39, 0.29) is 26.4 Å². The van der Waals surface area contributed by atoms with E-state index in [1.807, 2.05) is 36.4 Å². The molecule has 3 aromatic rings. The number of para-hydroxylation sites is 2. The van der Waals surface area contributed by atoms with Crippen molar-refractivity contribution in [2.24, 2.45) is 0 Å². The summed E-state index contributed by atoms with van der Waals surface area (Å²) in [5.41, 5.74) is 5.84. The van der Waals surface area contributed by atoms with Gasteiger partial charge in [0.2, 0.25) is 0 Å². The van der Waals surface area contributed by atoms with E-state index in [1.54, 1.807) is 13.8 Å². The van der Waals surface area contributed by atoms with Gasteiger partial charge in [-0.2, -0.15) is 0 Å². The number of nitrogens with zero attached hydrogens (tertiary/aromatic N) is 2. The minimum Gasteiger partial charge on any atom is -0.460 e. The van der Waals surface area contributed by atoms with Crippen molar-refractivity contribution >= 4 is 23.0 Å². The van der Waals surface area contributed by atoms with Crippen molar-refractivity contribution in [1.29, 1.82) is 0 Å². The zero-order valence-corrected chi connectivity index (χ0v) is 22.5. The normalized spacial score (nSPS) is 13.0. The van der Waals surface area contributed by atoms with Crippen LogP contribution in [-0.4, -0.2) is 61.5 Å². The second-order valence-electron chi connectivity index (χ2n) is 9.59. The highest BCUT2D eigenvalue weighted by atomic mass is 16.6. The lowest BCUT2D eigenvalue weighted by molar-refractivity contribution is -0.141. The van der Waals surface area contributed by atoms with Crippen LogP contribution in [0.1, 0.15) is 37.9 Å². The third-order valence-corrected chi connectivity index (χ3v) is 6.69. The summed E-state index contributed by atoms with van der Waals surface area (Å²) in [4.78, 5) is 33.4. The van der Waals surface area contributed by atoms with Gasteiger partial charge in [0.15, 0.2) is 0 Å². The van der Waals surface area contributed by atoms with Crippen molar-refractivity contribution in [2.75, 3.05) is 39.6 Å². The molecule has 4 rings (SSSR count). The number of carbonyl (C=O) groups is 2. The highest BCUT2D eigenvalue weighted by Gasteiger charge is 2.45. The van der Waals surface area contributed by atoms with Gasteiger partial charge in [0.05, 0.1) is 35.6 Å². The summed E-state index contributed by atoms with van der Waals surface area (Å²) in [6.45, 7) is 12.1. The summed E-state index contributed by atoms with van der Waals surface area (Å²) in [5.74, 6) is -0.858. The van der Waals surface area contributed by atoms with Gasteiger partial charge in [0.25, 0.3) is 0 Å². The quantitative estimate of drug-likeness (QED) is 0.164. The Balaban J connectivity index is 1.53. The van der Waals surface area contributed by atoms with Crippen LogP contribution in [-0.2, 0) is 34.0 Å². The van der Waals surface area contributed by atoms with E-state index in [0.29, 0.717) is 37.2 Å². The van der Waals surface area contributed by atoms with Gasteiger partial charge in [0.1, 0.15) is 13.2 Å². The fourth-order valence-corrected chi connectivity index (χ4v) is 4.72. The standard InChI is InChI=1S/C31H34N2O6/c1-21(2)29(34)38-19-17-36-15-13-31(14-16-37-18-20-39-30(35)22(3)4)24-10-6-5-9-23(24)27-28(31)33-26-12-8-7-11-25(26)32-27/h5-12H,1,3,13-20H2,2,4H3. The molecule has 0 atom stereocenters. The molecule has 0 spiro atoms. The fourth-order valence-electron chi connectivity index (χ4n) is 4.72. The van der Waals surface area contributed by atoms with Crippen LogP contribution < -0.4 is 0 Å². The number of esters is 2. The molecule has 8 nitrogen and oxygen atoms in total. The highest BCUT2D eigenvalue weighted by molar-refractivity contribution is 5.87. The van der Waals surface area contributed by atoms with Gasteiger partial charge in [0, 0.05) is 35.3 Å². The van der Waals surface area contributed by atoms with Crippen LogP contribution in [0.3, 0.4) is 0 Å². The van der Waals surface area contributed by atoms with E-state index < -0.39 is 17.4 Å². The molecule has 0 saturated carbocycles. The van der Waals surface area contributed by atoms with Crippen LogP contribution >= 0.6 is 0 Å².